The van der Waals surface area contributed by atoms with Gasteiger partial charge in [-0.1, -0.05) is 47.8 Å². The van der Waals surface area contributed by atoms with Crippen LogP contribution in [0.25, 0.3) is 0 Å². The van der Waals surface area contributed by atoms with Crippen LogP contribution in [0.1, 0.15) is 12.5 Å². The number of benzene rings is 2. The van der Waals surface area contributed by atoms with Gasteiger partial charge in [0.15, 0.2) is 0 Å². The molecule has 0 saturated heterocycles. The van der Waals surface area contributed by atoms with E-state index in [9.17, 15) is 0 Å². The molecule has 0 aromatic heterocycles. The lowest BCUT2D eigenvalue weighted by molar-refractivity contribution is 0.479. The lowest BCUT2D eigenvalue weighted by Crippen LogP contribution is -2.11. The molecule has 0 saturated carbocycles. The molecule has 0 bridgehead atoms. The molecule has 2 aromatic carbocycles. The first-order valence-corrected chi connectivity index (χ1v) is 8.25. The summed E-state index contributed by atoms with van der Waals surface area (Å²) in [7, 11) is 0. The van der Waals surface area contributed by atoms with E-state index in [4.69, 9.17) is 39.5 Å². The molecule has 112 valence electrons. The normalized spacial score (nSPS) is 10.7. The van der Waals surface area contributed by atoms with Gasteiger partial charge in [-0.25, -0.2) is 0 Å². The third-order valence-corrected chi connectivity index (χ3v) is 4.41. The standard InChI is InChI=1S/C15H13BrCl3NO/c1-2-20-8-9-3-4-14(10(16)5-9)21-15-7-12(18)11(17)6-13(15)19/h3-7,20H,2,8H2,1H3. The molecule has 2 aromatic rings. The van der Waals surface area contributed by atoms with E-state index in [2.05, 4.69) is 28.2 Å². The van der Waals surface area contributed by atoms with E-state index >= 15 is 0 Å². The lowest BCUT2D eigenvalue weighted by atomic mass is 10.2. The van der Waals surface area contributed by atoms with Gasteiger partial charge < -0.3 is 10.1 Å². The van der Waals surface area contributed by atoms with Crippen molar-refractivity contribution in [2.75, 3.05) is 6.54 Å². The Kier molecular flexibility index (Phi) is 6.20. The van der Waals surface area contributed by atoms with Crippen molar-refractivity contribution in [3.63, 3.8) is 0 Å². The van der Waals surface area contributed by atoms with Crippen molar-refractivity contribution in [2.24, 2.45) is 0 Å². The van der Waals surface area contributed by atoms with E-state index in [1.54, 1.807) is 12.1 Å². The molecule has 0 atom stereocenters. The highest BCUT2D eigenvalue weighted by atomic mass is 79.9. The summed E-state index contributed by atoms with van der Waals surface area (Å²) in [5.41, 5.74) is 1.16. The Hall–Kier alpha value is -0.450. The Labute approximate surface area is 147 Å². The molecular weight excluding hydrogens is 396 g/mol. The fourth-order valence-corrected chi connectivity index (χ4v) is 2.79. The molecule has 0 heterocycles. The predicted octanol–water partition coefficient (Wildman–Crippen LogP) is 6.31. The second-order valence-corrected chi connectivity index (χ2v) is 6.42. The van der Waals surface area contributed by atoms with Crippen LogP contribution >= 0.6 is 50.7 Å². The minimum atomic E-state index is 0.397. The molecule has 0 unspecified atom stereocenters. The first-order valence-electron chi connectivity index (χ1n) is 6.32. The van der Waals surface area contributed by atoms with Crippen molar-refractivity contribution in [2.45, 2.75) is 13.5 Å². The SMILES string of the molecule is CCNCc1ccc(Oc2cc(Cl)c(Cl)cc2Cl)c(Br)c1. The minimum Gasteiger partial charge on any atom is -0.455 e. The van der Waals surface area contributed by atoms with Crippen molar-refractivity contribution < 1.29 is 4.74 Å². The molecule has 0 aliphatic heterocycles. The third-order valence-electron chi connectivity index (χ3n) is 2.77. The number of hydrogen-bond donors (Lipinski definition) is 1. The molecule has 0 amide bonds. The van der Waals surface area contributed by atoms with E-state index in [0.717, 1.165) is 23.1 Å². The van der Waals surface area contributed by atoms with Crippen LogP contribution in [0.15, 0.2) is 34.8 Å². The van der Waals surface area contributed by atoms with Gasteiger partial charge in [-0.05, 0) is 46.2 Å². The molecule has 0 spiro atoms. The fraction of sp³-hybridized carbons (Fsp3) is 0.200. The molecular formula is C15H13BrCl3NO. The molecule has 2 rings (SSSR count). The fourth-order valence-electron chi connectivity index (χ4n) is 1.71. The summed E-state index contributed by atoms with van der Waals surface area (Å²) in [6, 6.07) is 9.05. The summed E-state index contributed by atoms with van der Waals surface area (Å²) in [6.45, 7) is 3.80. The average molecular weight is 410 g/mol. The van der Waals surface area contributed by atoms with E-state index in [-0.39, 0.29) is 0 Å². The van der Waals surface area contributed by atoms with Crippen molar-refractivity contribution in [3.05, 3.63) is 55.4 Å². The second-order valence-electron chi connectivity index (χ2n) is 4.34. The first-order chi connectivity index (χ1) is 10.0. The van der Waals surface area contributed by atoms with Gasteiger partial charge in [0.25, 0.3) is 0 Å². The Morgan fingerprint density at radius 3 is 2.38 bits per heavy atom. The largest absolute Gasteiger partial charge is 0.455 e. The monoisotopic (exact) mass is 407 g/mol. The van der Waals surface area contributed by atoms with Gasteiger partial charge in [0.2, 0.25) is 0 Å². The number of halogens is 4. The molecule has 0 aliphatic rings. The van der Waals surface area contributed by atoms with Crippen LogP contribution in [-0.2, 0) is 6.54 Å². The summed E-state index contributed by atoms with van der Waals surface area (Å²) >= 11 is 21.5. The van der Waals surface area contributed by atoms with Crippen molar-refractivity contribution in [3.8, 4) is 11.5 Å². The molecule has 1 N–H and O–H groups in total. The van der Waals surface area contributed by atoms with Gasteiger partial charge in [-0.3, -0.25) is 0 Å². The van der Waals surface area contributed by atoms with Crippen LogP contribution in [0.5, 0.6) is 11.5 Å². The van der Waals surface area contributed by atoms with Gasteiger partial charge in [-0.2, -0.15) is 0 Å². The van der Waals surface area contributed by atoms with E-state index < -0.39 is 0 Å². The average Bonchev–Trinajstić information content (AvgIpc) is 2.45. The maximum Gasteiger partial charge on any atom is 0.147 e. The van der Waals surface area contributed by atoms with Crippen LogP contribution in [-0.4, -0.2) is 6.54 Å². The second kappa shape index (κ2) is 7.70. The Morgan fingerprint density at radius 2 is 1.71 bits per heavy atom. The topological polar surface area (TPSA) is 21.3 Å². The van der Waals surface area contributed by atoms with Crippen molar-refractivity contribution in [1.29, 1.82) is 0 Å². The van der Waals surface area contributed by atoms with Crippen LogP contribution in [0.2, 0.25) is 15.1 Å². The Morgan fingerprint density at radius 1 is 1.00 bits per heavy atom. The highest BCUT2D eigenvalue weighted by Gasteiger charge is 2.10. The zero-order valence-electron chi connectivity index (χ0n) is 11.2. The van der Waals surface area contributed by atoms with Gasteiger partial charge >= 0.3 is 0 Å². The summed E-state index contributed by atoms with van der Waals surface area (Å²) in [4.78, 5) is 0. The summed E-state index contributed by atoms with van der Waals surface area (Å²) in [6.07, 6.45) is 0. The van der Waals surface area contributed by atoms with Crippen molar-refractivity contribution in [1.82, 2.24) is 5.32 Å². The number of hydrogen-bond acceptors (Lipinski definition) is 2. The Bertz CT molecular complexity index is 649. The lowest BCUT2D eigenvalue weighted by Gasteiger charge is -2.12. The van der Waals surface area contributed by atoms with E-state index in [0.29, 0.717) is 26.6 Å². The highest BCUT2D eigenvalue weighted by Crippen LogP contribution is 2.38. The smallest absolute Gasteiger partial charge is 0.147 e. The van der Waals surface area contributed by atoms with Gasteiger partial charge in [0, 0.05) is 12.6 Å². The van der Waals surface area contributed by atoms with Crippen LogP contribution in [0.4, 0.5) is 0 Å². The first kappa shape index (κ1) is 16.9. The molecule has 0 radical (unpaired) electrons. The van der Waals surface area contributed by atoms with Crippen LogP contribution < -0.4 is 10.1 Å². The summed E-state index contributed by atoms with van der Waals surface area (Å²) in [5.74, 6) is 1.13. The minimum absolute atomic E-state index is 0.397. The molecule has 0 aliphatic carbocycles. The highest BCUT2D eigenvalue weighted by molar-refractivity contribution is 9.10. The zero-order chi connectivity index (χ0) is 15.4. The van der Waals surface area contributed by atoms with E-state index in [1.165, 1.54) is 0 Å². The summed E-state index contributed by atoms with van der Waals surface area (Å²) in [5, 5.41) is 4.48. The number of rotatable bonds is 5. The number of nitrogens with one attached hydrogen (secondary N) is 1. The van der Waals surface area contributed by atoms with Gasteiger partial charge in [0.1, 0.15) is 11.5 Å². The van der Waals surface area contributed by atoms with E-state index in [1.807, 2.05) is 18.2 Å². The maximum atomic E-state index is 6.11. The van der Waals surface area contributed by atoms with Crippen LogP contribution in [0, 0.1) is 0 Å². The molecule has 6 heteroatoms. The molecule has 2 nitrogen and oxygen atoms in total. The Balaban J connectivity index is 2.22. The van der Waals surface area contributed by atoms with Crippen molar-refractivity contribution >= 4 is 50.7 Å². The number of ether oxygens (including phenoxy) is 1. The maximum absolute atomic E-state index is 6.11. The zero-order valence-corrected chi connectivity index (χ0v) is 15.1. The summed E-state index contributed by atoms with van der Waals surface area (Å²) < 4.78 is 6.64. The molecule has 0 fully saturated rings. The quantitative estimate of drug-likeness (QED) is 0.584. The molecule has 21 heavy (non-hydrogen) atoms. The van der Waals surface area contributed by atoms with Gasteiger partial charge in [0.05, 0.1) is 19.5 Å². The van der Waals surface area contributed by atoms with Crippen LogP contribution in [0.3, 0.4) is 0 Å². The van der Waals surface area contributed by atoms with Gasteiger partial charge in [-0.15, -0.1) is 0 Å². The predicted molar refractivity (Wildman–Crippen MR) is 93.1 cm³/mol. The third kappa shape index (κ3) is 4.51.